The largest absolute Gasteiger partial charge is 0.375 e. The highest BCUT2D eigenvalue weighted by Gasteiger charge is 2.43. The Kier molecular flexibility index (Phi) is 4.51. The summed E-state index contributed by atoms with van der Waals surface area (Å²) < 4.78 is 5.78. The third kappa shape index (κ3) is 3.11. The summed E-state index contributed by atoms with van der Waals surface area (Å²) in [6.45, 7) is 9.29. The molecule has 2 rings (SSSR count). The fourth-order valence-corrected chi connectivity index (χ4v) is 3.40. The normalized spacial score (nSPS) is 34.8. The zero-order valence-electron chi connectivity index (χ0n) is 12.7. The molecular formula is C15H28N2O2. The van der Waals surface area contributed by atoms with Gasteiger partial charge in [0.15, 0.2) is 0 Å². The van der Waals surface area contributed by atoms with E-state index in [1.54, 1.807) is 0 Å². The van der Waals surface area contributed by atoms with Gasteiger partial charge in [-0.3, -0.25) is 10.1 Å². The van der Waals surface area contributed by atoms with Crippen LogP contribution in [0.2, 0.25) is 0 Å². The summed E-state index contributed by atoms with van der Waals surface area (Å²) in [6, 6.07) is 0.358. The molecular weight excluding hydrogens is 240 g/mol. The van der Waals surface area contributed by atoms with Gasteiger partial charge in [0, 0.05) is 12.6 Å². The van der Waals surface area contributed by atoms with Crippen molar-refractivity contribution in [2.24, 2.45) is 0 Å². The average molecular weight is 268 g/mol. The average Bonchev–Trinajstić information content (AvgIpc) is 2.65. The Labute approximate surface area is 116 Å². The number of carbonyl (C=O) groups excluding carboxylic acids is 1. The van der Waals surface area contributed by atoms with Crippen LogP contribution in [0.15, 0.2) is 0 Å². The van der Waals surface area contributed by atoms with Gasteiger partial charge in [0.25, 0.3) is 0 Å². The molecule has 0 radical (unpaired) electrons. The van der Waals surface area contributed by atoms with E-state index in [0.29, 0.717) is 11.9 Å². The van der Waals surface area contributed by atoms with Crippen molar-refractivity contribution in [3.05, 3.63) is 0 Å². The van der Waals surface area contributed by atoms with E-state index in [1.165, 1.54) is 0 Å². The second-order valence-electron chi connectivity index (χ2n) is 6.43. The van der Waals surface area contributed by atoms with Gasteiger partial charge in [-0.05, 0) is 39.5 Å². The Morgan fingerprint density at radius 3 is 2.74 bits per heavy atom. The zero-order chi connectivity index (χ0) is 14.0. The molecule has 0 spiro atoms. The highest BCUT2D eigenvalue weighted by molar-refractivity contribution is 5.84. The van der Waals surface area contributed by atoms with Crippen LogP contribution in [0, 0.1) is 0 Å². The van der Waals surface area contributed by atoms with Crippen LogP contribution in [-0.2, 0) is 9.53 Å². The minimum Gasteiger partial charge on any atom is -0.375 e. The van der Waals surface area contributed by atoms with Crippen LogP contribution in [0.25, 0.3) is 0 Å². The lowest BCUT2D eigenvalue weighted by atomic mass is 9.92. The number of nitrogens with zero attached hydrogens (tertiary/aromatic N) is 1. The summed E-state index contributed by atoms with van der Waals surface area (Å²) in [4.78, 5) is 14.7. The van der Waals surface area contributed by atoms with E-state index in [0.717, 1.165) is 38.7 Å². The fourth-order valence-electron chi connectivity index (χ4n) is 3.40. The lowest BCUT2D eigenvalue weighted by Crippen LogP contribution is -2.50. The Balaban J connectivity index is 2.10. The molecule has 2 aliphatic rings. The van der Waals surface area contributed by atoms with E-state index < -0.39 is 0 Å². The molecule has 2 aliphatic heterocycles. The van der Waals surface area contributed by atoms with Gasteiger partial charge in [-0.15, -0.1) is 0 Å². The number of ether oxygens (including phenoxy) is 1. The van der Waals surface area contributed by atoms with E-state index >= 15 is 0 Å². The Bertz CT molecular complexity index is 330. The SMILES string of the molecule is CCCC1NC(CC)N(C2CCOC(C)(C)C2)C1=O. The molecule has 0 aromatic carbocycles. The van der Waals surface area contributed by atoms with Gasteiger partial charge in [-0.1, -0.05) is 20.3 Å². The molecule has 4 nitrogen and oxygen atoms in total. The van der Waals surface area contributed by atoms with Crippen LogP contribution in [-0.4, -0.2) is 41.3 Å². The second-order valence-corrected chi connectivity index (χ2v) is 6.43. The Morgan fingerprint density at radius 2 is 2.16 bits per heavy atom. The van der Waals surface area contributed by atoms with Gasteiger partial charge in [0.05, 0.1) is 17.8 Å². The van der Waals surface area contributed by atoms with E-state index in [1.807, 2.05) is 0 Å². The van der Waals surface area contributed by atoms with Gasteiger partial charge >= 0.3 is 0 Å². The van der Waals surface area contributed by atoms with Crippen molar-refractivity contribution < 1.29 is 9.53 Å². The topological polar surface area (TPSA) is 41.6 Å². The van der Waals surface area contributed by atoms with Crippen LogP contribution in [0.3, 0.4) is 0 Å². The molecule has 0 aliphatic carbocycles. The van der Waals surface area contributed by atoms with Crippen LogP contribution in [0.4, 0.5) is 0 Å². The highest BCUT2D eigenvalue weighted by Crippen LogP contribution is 2.31. The minimum atomic E-state index is -0.107. The van der Waals surface area contributed by atoms with E-state index in [4.69, 9.17) is 4.74 Å². The number of hydrogen-bond acceptors (Lipinski definition) is 3. The molecule has 2 saturated heterocycles. The molecule has 19 heavy (non-hydrogen) atoms. The maximum Gasteiger partial charge on any atom is 0.241 e. The lowest BCUT2D eigenvalue weighted by molar-refractivity contribution is -0.139. The summed E-state index contributed by atoms with van der Waals surface area (Å²) in [7, 11) is 0. The quantitative estimate of drug-likeness (QED) is 0.850. The maximum absolute atomic E-state index is 12.6. The smallest absolute Gasteiger partial charge is 0.241 e. The third-order valence-electron chi connectivity index (χ3n) is 4.31. The monoisotopic (exact) mass is 268 g/mol. The molecule has 2 heterocycles. The van der Waals surface area contributed by atoms with Gasteiger partial charge in [0.2, 0.25) is 5.91 Å². The van der Waals surface area contributed by atoms with Gasteiger partial charge in [-0.25, -0.2) is 0 Å². The van der Waals surface area contributed by atoms with Crippen molar-refractivity contribution in [1.29, 1.82) is 0 Å². The molecule has 1 amide bonds. The summed E-state index contributed by atoms with van der Waals surface area (Å²) in [6.07, 6.45) is 5.08. The van der Waals surface area contributed by atoms with Crippen molar-refractivity contribution in [2.75, 3.05) is 6.61 Å². The van der Waals surface area contributed by atoms with Crippen LogP contribution >= 0.6 is 0 Å². The van der Waals surface area contributed by atoms with Crippen LogP contribution in [0.1, 0.15) is 59.8 Å². The first-order valence-electron chi connectivity index (χ1n) is 7.70. The molecule has 2 fully saturated rings. The predicted octanol–water partition coefficient (Wildman–Crippen LogP) is 2.28. The summed E-state index contributed by atoms with van der Waals surface area (Å²) in [5.74, 6) is 0.302. The molecule has 0 bridgehead atoms. The fraction of sp³-hybridized carbons (Fsp3) is 0.933. The zero-order valence-corrected chi connectivity index (χ0v) is 12.7. The number of hydrogen-bond donors (Lipinski definition) is 1. The molecule has 0 saturated carbocycles. The first-order valence-corrected chi connectivity index (χ1v) is 7.70. The van der Waals surface area contributed by atoms with Crippen LogP contribution in [0.5, 0.6) is 0 Å². The first-order chi connectivity index (χ1) is 8.98. The van der Waals surface area contributed by atoms with E-state index in [-0.39, 0.29) is 17.8 Å². The summed E-state index contributed by atoms with van der Waals surface area (Å²) in [5.41, 5.74) is -0.107. The number of nitrogens with one attached hydrogen (secondary N) is 1. The third-order valence-corrected chi connectivity index (χ3v) is 4.31. The molecule has 3 atom stereocenters. The molecule has 0 aromatic heterocycles. The minimum absolute atomic E-state index is 0.0286. The Morgan fingerprint density at radius 1 is 1.42 bits per heavy atom. The molecule has 4 heteroatoms. The van der Waals surface area contributed by atoms with Gasteiger partial charge < -0.3 is 9.64 Å². The number of amides is 1. The van der Waals surface area contributed by atoms with Gasteiger partial charge in [-0.2, -0.15) is 0 Å². The van der Waals surface area contributed by atoms with E-state index in [9.17, 15) is 4.79 Å². The van der Waals surface area contributed by atoms with Gasteiger partial charge in [0.1, 0.15) is 0 Å². The second kappa shape index (κ2) is 5.80. The summed E-state index contributed by atoms with van der Waals surface area (Å²) in [5, 5.41) is 3.50. The van der Waals surface area contributed by atoms with Crippen molar-refractivity contribution in [2.45, 2.75) is 83.6 Å². The molecule has 1 N–H and O–H groups in total. The predicted molar refractivity (Wildman–Crippen MR) is 75.8 cm³/mol. The number of rotatable bonds is 4. The van der Waals surface area contributed by atoms with Crippen molar-refractivity contribution >= 4 is 5.91 Å². The van der Waals surface area contributed by atoms with Crippen molar-refractivity contribution in [1.82, 2.24) is 10.2 Å². The molecule has 0 aromatic rings. The molecule has 3 unspecified atom stereocenters. The Hall–Kier alpha value is -0.610. The van der Waals surface area contributed by atoms with E-state index in [2.05, 4.69) is 37.9 Å². The molecule has 110 valence electrons. The summed E-state index contributed by atoms with van der Waals surface area (Å²) >= 11 is 0. The van der Waals surface area contributed by atoms with Crippen LogP contribution < -0.4 is 5.32 Å². The highest BCUT2D eigenvalue weighted by atomic mass is 16.5. The number of carbonyl (C=O) groups is 1. The van der Waals surface area contributed by atoms with Crippen molar-refractivity contribution in [3.8, 4) is 0 Å². The first kappa shape index (κ1) is 14.8. The standard InChI is InChI=1S/C15H28N2O2/c1-5-7-12-14(18)17(13(6-2)16-12)11-8-9-19-15(3,4)10-11/h11-13,16H,5-10H2,1-4H3. The lowest BCUT2D eigenvalue weighted by Gasteiger charge is -2.41. The van der Waals surface area contributed by atoms with Crippen molar-refractivity contribution in [3.63, 3.8) is 0 Å². The maximum atomic E-state index is 12.6.